The van der Waals surface area contributed by atoms with E-state index in [1.54, 1.807) is 0 Å². The lowest BCUT2D eigenvalue weighted by atomic mass is 9.96. The van der Waals surface area contributed by atoms with Crippen molar-refractivity contribution >= 4 is 28.6 Å². The molecule has 1 fully saturated rings. The van der Waals surface area contributed by atoms with Crippen molar-refractivity contribution in [3.63, 3.8) is 0 Å². The average molecular weight is 429 g/mol. The molecule has 0 N–H and O–H groups in total. The topological polar surface area (TPSA) is 64.2 Å². The Morgan fingerprint density at radius 3 is 2.50 bits per heavy atom. The van der Waals surface area contributed by atoms with Gasteiger partial charge in [-0.1, -0.05) is 25.4 Å². The standard InChI is InChI=1S/C23H29ClN4O2/c1-14(2)19-13-18(26-28(19)23(3,4)5)22(29)27-10-8-15(9-11-27)21-25-17-12-16(24)6-7-20(17)30-21/h6-7,12-15H,8-11H2,1-5H3. The van der Waals surface area contributed by atoms with Crippen LogP contribution < -0.4 is 0 Å². The van der Waals surface area contributed by atoms with E-state index in [0.29, 0.717) is 29.7 Å². The molecule has 0 saturated carbocycles. The van der Waals surface area contributed by atoms with Crippen LogP contribution in [0.2, 0.25) is 5.02 Å². The van der Waals surface area contributed by atoms with Crippen molar-refractivity contribution in [1.82, 2.24) is 19.7 Å². The molecule has 0 unspecified atom stereocenters. The zero-order valence-corrected chi connectivity index (χ0v) is 19.0. The van der Waals surface area contributed by atoms with Crippen molar-refractivity contribution in [2.24, 2.45) is 0 Å². The van der Waals surface area contributed by atoms with Crippen LogP contribution in [-0.4, -0.2) is 38.7 Å². The highest BCUT2D eigenvalue weighted by molar-refractivity contribution is 6.31. The molecule has 160 valence electrons. The van der Waals surface area contributed by atoms with Crippen molar-refractivity contribution in [3.05, 3.63) is 46.6 Å². The summed E-state index contributed by atoms with van der Waals surface area (Å²) in [6.45, 7) is 11.9. The lowest BCUT2D eigenvalue weighted by Crippen LogP contribution is -2.38. The van der Waals surface area contributed by atoms with Crippen molar-refractivity contribution < 1.29 is 9.21 Å². The maximum Gasteiger partial charge on any atom is 0.274 e. The zero-order valence-electron chi connectivity index (χ0n) is 18.3. The molecule has 6 nitrogen and oxygen atoms in total. The number of fused-ring (bicyclic) bond motifs is 1. The van der Waals surface area contributed by atoms with Crippen LogP contribution in [0.1, 0.15) is 81.4 Å². The predicted octanol–water partition coefficient (Wildman–Crippen LogP) is 5.58. The molecule has 0 spiro atoms. The summed E-state index contributed by atoms with van der Waals surface area (Å²) in [5.41, 5.74) is 2.99. The first-order chi connectivity index (χ1) is 14.1. The number of hydrogen-bond acceptors (Lipinski definition) is 4. The van der Waals surface area contributed by atoms with Gasteiger partial charge >= 0.3 is 0 Å². The Bertz CT molecular complexity index is 1070. The smallest absolute Gasteiger partial charge is 0.274 e. The van der Waals surface area contributed by atoms with Gasteiger partial charge in [0.2, 0.25) is 0 Å². The Morgan fingerprint density at radius 2 is 1.90 bits per heavy atom. The summed E-state index contributed by atoms with van der Waals surface area (Å²) in [5, 5.41) is 5.33. The molecular formula is C23H29ClN4O2. The lowest BCUT2D eigenvalue weighted by Gasteiger charge is -2.30. The number of oxazole rings is 1. The van der Waals surface area contributed by atoms with E-state index in [1.807, 2.05) is 33.8 Å². The van der Waals surface area contributed by atoms with Crippen molar-refractivity contribution in [3.8, 4) is 0 Å². The molecule has 1 aliphatic rings. The fraction of sp³-hybridized carbons (Fsp3) is 0.522. The fourth-order valence-corrected chi connectivity index (χ4v) is 4.20. The summed E-state index contributed by atoms with van der Waals surface area (Å²) in [4.78, 5) is 19.6. The van der Waals surface area contributed by atoms with Crippen molar-refractivity contribution in [2.75, 3.05) is 13.1 Å². The number of piperidine rings is 1. The molecule has 0 radical (unpaired) electrons. The van der Waals surface area contributed by atoms with Gasteiger partial charge in [0.25, 0.3) is 5.91 Å². The minimum Gasteiger partial charge on any atom is -0.440 e. The van der Waals surface area contributed by atoms with Crippen LogP contribution in [0.15, 0.2) is 28.7 Å². The number of halogens is 1. The number of likely N-dealkylation sites (tertiary alicyclic amines) is 1. The summed E-state index contributed by atoms with van der Waals surface area (Å²) >= 11 is 6.05. The molecule has 3 heterocycles. The fourth-order valence-electron chi connectivity index (χ4n) is 4.03. The number of rotatable bonds is 3. The predicted molar refractivity (Wildman–Crippen MR) is 118 cm³/mol. The van der Waals surface area contributed by atoms with E-state index in [4.69, 9.17) is 16.0 Å². The van der Waals surface area contributed by atoms with E-state index in [9.17, 15) is 4.79 Å². The third-order valence-electron chi connectivity index (χ3n) is 5.68. The maximum atomic E-state index is 13.1. The molecule has 30 heavy (non-hydrogen) atoms. The molecule has 7 heteroatoms. The summed E-state index contributed by atoms with van der Waals surface area (Å²) in [6, 6.07) is 7.43. The third-order valence-corrected chi connectivity index (χ3v) is 5.92. The van der Waals surface area contributed by atoms with Gasteiger partial charge in [-0.3, -0.25) is 9.48 Å². The summed E-state index contributed by atoms with van der Waals surface area (Å²) in [6.07, 6.45) is 1.65. The van der Waals surface area contributed by atoms with Gasteiger partial charge < -0.3 is 9.32 Å². The lowest BCUT2D eigenvalue weighted by molar-refractivity contribution is 0.0699. The maximum absolute atomic E-state index is 13.1. The Hall–Kier alpha value is -2.34. The van der Waals surface area contributed by atoms with Crippen LogP contribution in [0.4, 0.5) is 0 Å². The molecule has 0 bridgehead atoms. The Kier molecular flexibility index (Phi) is 5.39. The first-order valence-electron chi connectivity index (χ1n) is 10.6. The highest BCUT2D eigenvalue weighted by Gasteiger charge is 2.30. The second-order valence-electron chi connectivity index (χ2n) is 9.42. The summed E-state index contributed by atoms with van der Waals surface area (Å²) in [7, 11) is 0. The van der Waals surface area contributed by atoms with Crippen LogP contribution >= 0.6 is 11.6 Å². The molecular weight excluding hydrogens is 400 g/mol. The molecule has 1 amide bonds. The third kappa shape index (κ3) is 3.97. The van der Waals surface area contributed by atoms with E-state index in [1.165, 1.54) is 0 Å². The van der Waals surface area contributed by atoms with Gasteiger partial charge in [-0.2, -0.15) is 5.10 Å². The second kappa shape index (κ2) is 7.73. The van der Waals surface area contributed by atoms with Crippen LogP contribution in [-0.2, 0) is 5.54 Å². The van der Waals surface area contributed by atoms with Crippen molar-refractivity contribution in [2.45, 2.75) is 64.8 Å². The van der Waals surface area contributed by atoms with Crippen LogP contribution in [0.5, 0.6) is 0 Å². The van der Waals surface area contributed by atoms with Crippen LogP contribution in [0.25, 0.3) is 11.1 Å². The molecule has 1 aliphatic heterocycles. The van der Waals surface area contributed by atoms with Gasteiger partial charge in [0.15, 0.2) is 17.2 Å². The van der Waals surface area contributed by atoms with Gasteiger partial charge in [-0.15, -0.1) is 0 Å². The van der Waals surface area contributed by atoms with Gasteiger partial charge in [-0.05, 0) is 63.8 Å². The van der Waals surface area contributed by atoms with Crippen LogP contribution in [0, 0.1) is 0 Å². The van der Waals surface area contributed by atoms with E-state index in [-0.39, 0.29) is 17.4 Å². The first-order valence-corrected chi connectivity index (χ1v) is 11.0. The minimum atomic E-state index is -0.166. The highest BCUT2D eigenvalue weighted by Crippen LogP contribution is 2.32. The number of hydrogen-bond donors (Lipinski definition) is 0. The molecule has 3 aromatic rings. The van der Waals surface area contributed by atoms with Gasteiger partial charge in [0, 0.05) is 29.7 Å². The SMILES string of the molecule is CC(C)c1cc(C(=O)N2CCC(c3nc4cc(Cl)ccc4o3)CC2)nn1C(C)(C)C. The normalized spacial score (nSPS) is 16.0. The number of benzene rings is 1. The average Bonchev–Trinajstić information content (AvgIpc) is 3.31. The Labute approximate surface area is 182 Å². The summed E-state index contributed by atoms with van der Waals surface area (Å²) in [5.74, 6) is 1.25. The minimum absolute atomic E-state index is 0.00250. The Morgan fingerprint density at radius 1 is 1.20 bits per heavy atom. The van der Waals surface area contributed by atoms with Gasteiger partial charge in [0.1, 0.15) is 5.52 Å². The molecule has 1 saturated heterocycles. The second-order valence-corrected chi connectivity index (χ2v) is 9.86. The van der Waals surface area contributed by atoms with E-state index in [0.717, 1.165) is 35.5 Å². The molecule has 4 rings (SSSR count). The monoisotopic (exact) mass is 428 g/mol. The number of aromatic nitrogens is 3. The van der Waals surface area contributed by atoms with Crippen LogP contribution in [0.3, 0.4) is 0 Å². The van der Waals surface area contributed by atoms with E-state index in [2.05, 4.69) is 44.7 Å². The van der Waals surface area contributed by atoms with Gasteiger partial charge in [0.05, 0.1) is 5.54 Å². The number of nitrogens with zero attached hydrogens (tertiary/aromatic N) is 4. The zero-order chi connectivity index (χ0) is 21.6. The Balaban J connectivity index is 1.48. The van der Waals surface area contributed by atoms with Crippen molar-refractivity contribution in [1.29, 1.82) is 0 Å². The quantitative estimate of drug-likeness (QED) is 0.546. The van der Waals surface area contributed by atoms with E-state index < -0.39 is 0 Å². The van der Waals surface area contributed by atoms with Gasteiger partial charge in [-0.25, -0.2) is 4.98 Å². The molecule has 0 aliphatic carbocycles. The number of carbonyl (C=O) groups excluding carboxylic acids is 1. The largest absolute Gasteiger partial charge is 0.440 e. The molecule has 1 aromatic carbocycles. The summed E-state index contributed by atoms with van der Waals surface area (Å²) < 4.78 is 7.92. The number of carbonyl (C=O) groups is 1. The molecule has 2 aromatic heterocycles. The highest BCUT2D eigenvalue weighted by atomic mass is 35.5. The molecule has 0 atom stereocenters. The number of amides is 1. The van der Waals surface area contributed by atoms with E-state index >= 15 is 0 Å². The first kappa shape index (κ1) is 20.9.